The van der Waals surface area contributed by atoms with E-state index in [9.17, 15) is 18.0 Å². The second kappa shape index (κ2) is 8.20. The first-order chi connectivity index (χ1) is 12.2. The molecule has 7 nitrogen and oxygen atoms in total. The number of hydrogen-bond acceptors (Lipinski definition) is 6. The SMILES string of the molecule is CCOC(=O)C1CC(=O)/C(=C\N(C)C)CN1S(=O)(=O)c1ccc(Cl)cc1. The standard InChI is InChI=1S/C17H21ClN2O5S/c1-4-25-17(22)15-9-16(21)12(10-19(2)3)11-20(15)26(23,24)14-7-5-13(18)6-8-14/h5-8,10,15H,4,9,11H2,1-3H3/b12-10-. The molecule has 1 heterocycles. The Morgan fingerprint density at radius 2 is 1.96 bits per heavy atom. The van der Waals surface area contributed by atoms with Gasteiger partial charge in [0.25, 0.3) is 0 Å². The van der Waals surface area contributed by atoms with Gasteiger partial charge in [-0.05, 0) is 31.2 Å². The average molecular weight is 401 g/mol. The zero-order chi connectivity index (χ0) is 19.5. The van der Waals surface area contributed by atoms with Gasteiger partial charge >= 0.3 is 5.97 Å². The lowest BCUT2D eigenvalue weighted by Crippen LogP contribution is -2.51. The molecule has 1 unspecified atom stereocenters. The van der Waals surface area contributed by atoms with Gasteiger partial charge in [0.15, 0.2) is 5.78 Å². The van der Waals surface area contributed by atoms with Crippen LogP contribution in [0.15, 0.2) is 40.9 Å². The Hall–Kier alpha value is -1.90. The second-order valence-corrected chi connectivity index (χ2v) is 8.34. The molecule has 26 heavy (non-hydrogen) atoms. The normalized spacial score (nSPS) is 20.2. The molecule has 2 rings (SSSR count). The summed E-state index contributed by atoms with van der Waals surface area (Å²) in [6.07, 6.45) is 1.30. The van der Waals surface area contributed by atoms with E-state index in [1.54, 1.807) is 32.1 Å². The highest BCUT2D eigenvalue weighted by atomic mass is 35.5. The Labute approximate surface area is 158 Å². The predicted octanol–water partition coefficient (Wildman–Crippen LogP) is 1.68. The summed E-state index contributed by atoms with van der Waals surface area (Å²) in [6, 6.07) is 4.46. The maximum absolute atomic E-state index is 13.1. The van der Waals surface area contributed by atoms with Gasteiger partial charge < -0.3 is 9.64 Å². The number of carbonyl (C=O) groups is 2. The minimum atomic E-state index is -4.02. The fourth-order valence-electron chi connectivity index (χ4n) is 2.63. The van der Waals surface area contributed by atoms with Crippen LogP contribution in [0.3, 0.4) is 0 Å². The van der Waals surface area contributed by atoms with Crippen LogP contribution in [0.4, 0.5) is 0 Å². The number of ketones is 1. The van der Waals surface area contributed by atoms with Crippen molar-refractivity contribution < 1.29 is 22.7 Å². The Balaban J connectivity index is 2.48. The van der Waals surface area contributed by atoms with E-state index in [0.717, 1.165) is 4.31 Å². The minimum absolute atomic E-state index is 0.00486. The van der Waals surface area contributed by atoms with Crippen LogP contribution in [0.5, 0.6) is 0 Å². The van der Waals surface area contributed by atoms with Gasteiger partial charge in [-0.2, -0.15) is 4.31 Å². The molecular weight excluding hydrogens is 380 g/mol. The van der Waals surface area contributed by atoms with Crippen molar-refractivity contribution in [3.8, 4) is 0 Å². The summed E-state index contributed by atoms with van der Waals surface area (Å²) in [5, 5.41) is 0.396. The number of esters is 1. The lowest BCUT2D eigenvalue weighted by atomic mass is 9.99. The molecule has 0 aliphatic carbocycles. The maximum Gasteiger partial charge on any atom is 0.324 e. The summed E-state index contributed by atoms with van der Waals surface area (Å²) in [7, 11) is -0.557. The van der Waals surface area contributed by atoms with Crippen LogP contribution < -0.4 is 0 Å². The van der Waals surface area contributed by atoms with Crippen LogP contribution in [-0.4, -0.2) is 62.7 Å². The Morgan fingerprint density at radius 3 is 2.50 bits per heavy atom. The molecule has 1 aliphatic rings. The summed E-state index contributed by atoms with van der Waals surface area (Å²) in [4.78, 5) is 26.3. The molecule has 1 saturated heterocycles. The molecule has 1 aromatic carbocycles. The summed E-state index contributed by atoms with van der Waals surface area (Å²) < 4.78 is 32.2. The first-order valence-corrected chi connectivity index (χ1v) is 9.83. The number of rotatable bonds is 5. The van der Waals surface area contributed by atoms with Gasteiger partial charge in [0.1, 0.15) is 6.04 Å². The molecule has 1 aliphatic heterocycles. The molecule has 0 bridgehead atoms. The number of Topliss-reactive ketones (excluding diaryl/α,β-unsaturated/α-hetero) is 1. The number of carbonyl (C=O) groups excluding carboxylic acids is 2. The third kappa shape index (κ3) is 4.44. The van der Waals surface area contributed by atoms with Crippen molar-refractivity contribution in [3.05, 3.63) is 41.1 Å². The van der Waals surface area contributed by atoms with Crippen molar-refractivity contribution >= 4 is 33.4 Å². The molecule has 0 amide bonds. The van der Waals surface area contributed by atoms with Crippen molar-refractivity contribution in [2.45, 2.75) is 24.3 Å². The van der Waals surface area contributed by atoms with Gasteiger partial charge in [0.2, 0.25) is 10.0 Å². The summed E-state index contributed by atoms with van der Waals surface area (Å²) >= 11 is 5.83. The zero-order valence-electron chi connectivity index (χ0n) is 14.8. The Bertz CT molecular complexity index is 818. The zero-order valence-corrected chi connectivity index (χ0v) is 16.4. The van der Waals surface area contributed by atoms with Crippen LogP contribution in [0, 0.1) is 0 Å². The van der Waals surface area contributed by atoms with Crippen LogP contribution >= 0.6 is 11.6 Å². The van der Waals surface area contributed by atoms with E-state index in [0.29, 0.717) is 10.6 Å². The second-order valence-electron chi connectivity index (χ2n) is 6.02. The molecular formula is C17H21ClN2O5S. The molecule has 1 atom stereocenters. The maximum atomic E-state index is 13.1. The molecule has 1 aromatic rings. The van der Waals surface area contributed by atoms with Crippen molar-refractivity contribution in [1.82, 2.24) is 9.21 Å². The van der Waals surface area contributed by atoms with Gasteiger partial charge in [-0.15, -0.1) is 0 Å². The van der Waals surface area contributed by atoms with E-state index in [4.69, 9.17) is 16.3 Å². The van der Waals surface area contributed by atoms with E-state index in [1.165, 1.54) is 24.3 Å². The van der Waals surface area contributed by atoms with E-state index >= 15 is 0 Å². The van der Waals surface area contributed by atoms with Gasteiger partial charge in [-0.3, -0.25) is 9.59 Å². The molecule has 9 heteroatoms. The summed E-state index contributed by atoms with van der Waals surface area (Å²) in [6.45, 7) is 1.52. The number of hydrogen-bond donors (Lipinski definition) is 0. The number of ether oxygens (including phenoxy) is 1. The van der Waals surface area contributed by atoms with Gasteiger partial charge in [0, 0.05) is 43.9 Å². The van der Waals surface area contributed by atoms with Crippen molar-refractivity contribution in [2.24, 2.45) is 0 Å². The third-order valence-electron chi connectivity index (χ3n) is 3.80. The third-order valence-corrected chi connectivity index (χ3v) is 5.92. The van der Waals surface area contributed by atoms with Crippen LogP contribution in [0.2, 0.25) is 5.02 Å². The fraction of sp³-hybridized carbons (Fsp3) is 0.412. The fourth-order valence-corrected chi connectivity index (χ4v) is 4.31. The number of sulfonamides is 1. The van der Waals surface area contributed by atoms with Crippen molar-refractivity contribution in [2.75, 3.05) is 27.2 Å². The Kier molecular flexibility index (Phi) is 6.44. The summed E-state index contributed by atoms with van der Waals surface area (Å²) in [5.41, 5.74) is 0.313. The first kappa shape index (κ1) is 20.4. The van der Waals surface area contributed by atoms with Crippen LogP contribution in [0.1, 0.15) is 13.3 Å². The lowest BCUT2D eigenvalue weighted by Gasteiger charge is -2.33. The molecule has 0 saturated carbocycles. The Morgan fingerprint density at radius 1 is 1.35 bits per heavy atom. The summed E-state index contributed by atoms with van der Waals surface area (Å²) in [5.74, 6) is -1.01. The van der Waals surface area contributed by atoms with Crippen LogP contribution in [0.25, 0.3) is 0 Å². The molecule has 0 radical (unpaired) electrons. The quantitative estimate of drug-likeness (QED) is 0.552. The number of nitrogens with zero attached hydrogens (tertiary/aromatic N) is 2. The molecule has 142 valence electrons. The largest absolute Gasteiger partial charge is 0.465 e. The first-order valence-electron chi connectivity index (χ1n) is 8.01. The van der Waals surface area contributed by atoms with Gasteiger partial charge in [0.05, 0.1) is 11.5 Å². The van der Waals surface area contributed by atoms with Gasteiger partial charge in [-0.1, -0.05) is 11.6 Å². The lowest BCUT2D eigenvalue weighted by molar-refractivity contribution is -0.149. The average Bonchev–Trinajstić information content (AvgIpc) is 2.56. The van der Waals surface area contributed by atoms with Crippen molar-refractivity contribution in [1.29, 1.82) is 0 Å². The smallest absolute Gasteiger partial charge is 0.324 e. The van der Waals surface area contributed by atoms with Crippen LogP contribution in [-0.2, 0) is 24.3 Å². The highest BCUT2D eigenvalue weighted by Crippen LogP contribution is 2.28. The monoisotopic (exact) mass is 400 g/mol. The molecule has 1 fully saturated rings. The van der Waals surface area contributed by atoms with Crippen molar-refractivity contribution in [3.63, 3.8) is 0 Å². The number of piperidine rings is 1. The van der Waals surface area contributed by atoms with E-state index in [-0.39, 0.29) is 30.3 Å². The molecule has 0 N–H and O–H groups in total. The molecule has 0 aromatic heterocycles. The van der Waals surface area contributed by atoms with E-state index in [2.05, 4.69) is 0 Å². The minimum Gasteiger partial charge on any atom is -0.465 e. The molecule has 0 spiro atoms. The van der Waals surface area contributed by atoms with E-state index in [1.807, 2.05) is 0 Å². The number of halogens is 1. The van der Waals surface area contributed by atoms with E-state index < -0.39 is 22.0 Å². The highest BCUT2D eigenvalue weighted by molar-refractivity contribution is 7.89. The topological polar surface area (TPSA) is 84.0 Å². The predicted molar refractivity (Wildman–Crippen MR) is 97.2 cm³/mol. The highest BCUT2D eigenvalue weighted by Gasteiger charge is 2.43. The number of benzene rings is 1. The van der Waals surface area contributed by atoms with Gasteiger partial charge in [-0.25, -0.2) is 8.42 Å².